The summed E-state index contributed by atoms with van der Waals surface area (Å²) in [4.78, 5) is 10.1. The number of aryl methyl sites for hydroxylation is 1. The minimum atomic E-state index is 0.113. The zero-order valence-electron chi connectivity index (χ0n) is 13.6. The Kier molecular flexibility index (Phi) is 4.81. The summed E-state index contributed by atoms with van der Waals surface area (Å²) in [6.45, 7) is 11.1. The molecular weight excluding hydrogens is 262 g/mol. The molecule has 0 unspecified atom stereocenters. The third-order valence-electron chi connectivity index (χ3n) is 4.64. The van der Waals surface area contributed by atoms with Crippen molar-refractivity contribution in [1.82, 2.24) is 0 Å². The Balaban J connectivity index is 2.06. The summed E-state index contributed by atoms with van der Waals surface area (Å²) < 4.78 is 7.18. The highest BCUT2D eigenvalue weighted by molar-refractivity contribution is 5.93. The van der Waals surface area contributed by atoms with Gasteiger partial charge in [0.25, 0.3) is 6.47 Å². The number of carbonyl (C=O) groups excluding carboxylic acids is 1. The number of benzene rings is 1. The lowest BCUT2D eigenvalue weighted by Crippen LogP contribution is -2.26. The van der Waals surface area contributed by atoms with Gasteiger partial charge in [-0.05, 0) is 39.7 Å². The maximum absolute atomic E-state index is 10.1. The van der Waals surface area contributed by atoms with Gasteiger partial charge in [-0.15, -0.1) is 0 Å². The number of ether oxygens (including phenoxy) is 1. The van der Waals surface area contributed by atoms with Crippen LogP contribution in [0.3, 0.4) is 0 Å². The van der Waals surface area contributed by atoms with E-state index in [4.69, 9.17) is 4.74 Å². The summed E-state index contributed by atoms with van der Waals surface area (Å²) in [6, 6.07) is 6.76. The van der Waals surface area contributed by atoms with Gasteiger partial charge in [0.15, 0.2) is 5.71 Å². The molecule has 0 atom stereocenters. The molecule has 0 radical (unpaired) electrons. The lowest BCUT2D eigenvalue weighted by atomic mass is 9.82. The van der Waals surface area contributed by atoms with Gasteiger partial charge in [-0.2, -0.15) is 4.58 Å². The van der Waals surface area contributed by atoms with Gasteiger partial charge in [0.05, 0.1) is 12.0 Å². The van der Waals surface area contributed by atoms with Crippen LogP contribution in [0.4, 0.5) is 5.69 Å². The molecule has 0 aromatic heterocycles. The first-order valence-corrected chi connectivity index (χ1v) is 7.76. The monoisotopic (exact) mass is 288 g/mol. The van der Waals surface area contributed by atoms with E-state index in [1.807, 2.05) is 0 Å². The van der Waals surface area contributed by atoms with E-state index in [0.717, 1.165) is 25.8 Å². The predicted molar refractivity (Wildman–Crippen MR) is 85.5 cm³/mol. The van der Waals surface area contributed by atoms with E-state index >= 15 is 0 Å². The van der Waals surface area contributed by atoms with Crippen molar-refractivity contribution in [3.05, 3.63) is 29.3 Å². The van der Waals surface area contributed by atoms with Crippen LogP contribution in [-0.2, 0) is 14.9 Å². The van der Waals surface area contributed by atoms with Gasteiger partial charge in [-0.25, -0.2) is 0 Å². The Bertz CT molecular complexity index is 558. The van der Waals surface area contributed by atoms with Gasteiger partial charge in [0.2, 0.25) is 5.69 Å². The van der Waals surface area contributed by atoms with Crippen molar-refractivity contribution in [2.45, 2.75) is 52.4 Å². The lowest BCUT2D eigenvalue weighted by Gasteiger charge is -2.15. The van der Waals surface area contributed by atoms with Crippen LogP contribution in [0.1, 0.15) is 51.2 Å². The number of hydrogen-bond donors (Lipinski definition) is 0. The molecule has 0 spiro atoms. The van der Waals surface area contributed by atoms with E-state index in [2.05, 4.69) is 50.5 Å². The second-order valence-corrected chi connectivity index (χ2v) is 6.41. The summed E-state index contributed by atoms with van der Waals surface area (Å²) in [6.07, 6.45) is 3.14. The van der Waals surface area contributed by atoms with Crippen LogP contribution in [0.25, 0.3) is 0 Å². The van der Waals surface area contributed by atoms with Gasteiger partial charge in [0.1, 0.15) is 6.54 Å². The van der Waals surface area contributed by atoms with Gasteiger partial charge < -0.3 is 4.74 Å². The Hall–Kier alpha value is -1.64. The van der Waals surface area contributed by atoms with Crippen molar-refractivity contribution < 1.29 is 14.1 Å². The molecule has 0 fully saturated rings. The minimum Gasteiger partial charge on any atom is -0.468 e. The van der Waals surface area contributed by atoms with Crippen LogP contribution in [0.5, 0.6) is 0 Å². The zero-order valence-corrected chi connectivity index (χ0v) is 13.6. The molecule has 0 N–H and O–H groups in total. The van der Waals surface area contributed by atoms with E-state index in [9.17, 15) is 4.79 Å². The Morgan fingerprint density at radius 2 is 1.95 bits per heavy atom. The van der Waals surface area contributed by atoms with Crippen molar-refractivity contribution in [2.75, 3.05) is 13.2 Å². The highest BCUT2D eigenvalue weighted by Gasteiger charge is 2.42. The average molecular weight is 288 g/mol. The van der Waals surface area contributed by atoms with Crippen LogP contribution in [0.15, 0.2) is 18.2 Å². The molecule has 114 valence electrons. The molecule has 0 bridgehead atoms. The highest BCUT2D eigenvalue weighted by Crippen LogP contribution is 2.39. The molecule has 1 aliphatic rings. The zero-order chi connectivity index (χ0) is 15.5. The quantitative estimate of drug-likeness (QED) is 0.434. The van der Waals surface area contributed by atoms with Crippen LogP contribution in [-0.4, -0.2) is 29.9 Å². The number of carbonyl (C=O) groups is 1. The molecule has 0 amide bonds. The third kappa shape index (κ3) is 3.17. The molecule has 1 heterocycles. The van der Waals surface area contributed by atoms with Crippen LogP contribution >= 0.6 is 0 Å². The van der Waals surface area contributed by atoms with Gasteiger partial charge >= 0.3 is 0 Å². The van der Waals surface area contributed by atoms with Crippen molar-refractivity contribution >= 4 is 17.9 Å². The summed E-state index contributed by atoms with van der Waals surface area (Å²) in [7, 11) is 0. The predicted octanol–water partition coefficient (Wildman–Crippen LogP) is 3.73. The van der Waals surface area contributed by atoms with Crippen LogP contribution in [0, 0.1) is 6.92 Å². The molecule has 0 aliphatic carbocycles. The van der Waals surface area contributed by atoms with Crippen molar-refractivity contribution in [2.24, 2.45) is 0 Å². The molecule has 3 heteroatoms. The molecule has 21 heavy (non-hydrogen) atoms. The number of hydrogen-bond acceptors (Lipinski definition) is 2. The maximum Gasteiger partial charge on any atom is 0.293 e. The normalized spacial score (nSPS) is 16.0. The van der Waals surface area contributed by atoms with Gasteiger partial charge in [-0.3, -0.25) is 4.79 Å². The summed E-state index contributed by atoms with van der Waals surface area (Å²) in [5, 5.41) is 0. The number of nitrogens with zero attached hydrogens (tertiary/aromatic N) is 1. The highest BCUT2D eigenvalue weighted by atomic mass is 16.5. The van der Waals surface area contributed by atoms with E-state index in [-0.39, 0.29) is 5.41 Å². The van der Waals surface area contributed by atoms with E-state index < -0.39 is 0 Å². The molecule has 0 saturated carbocycles. The van der Waals surface area contributed by atoms with Gasteiger partial charge in [-0.1, -0.05) is 11.6 Å². The summed E-state index contributed by atoms with van der Waals surface area (Å²) in [5.74, 6) is 0. The first-order valence-electron chi connectivity index (χ1n) is 7.76. The maximum atomic E-state index is 10.1. The smallest absolute Gasteiger partial charge is 0.293 e. The van der Waals surface area contributed by atoms with E-state index in [1.54, 1.807) is 0 Å². The van der Waals surface area contributed by atoms with Crippen molar-refractivity contribution in [3.8, 4) is 0 Å². The fourth-order valence-electron chi connectivity index (χ4n) is 3.07. The van der Waals surface area contributed by atoms with Crippen molar-refractivity contribution in [3.63, 3.8) is 0 Å². The van der Waals surface area contributed by atoms with E-state index in [1.165, 1.54) is 22.5 Å². The summed E-state index contributed by atoms with van der Waals surface area (Å²) in [5.41, 5.74) is 5.65. The first-order chi connectivity index (χ1) is 9.98. The molecule has 1 aromatic rings. The first kappa shape index (κ1) is 15.7. The minimum absolute atomic E-state index is 0.113. The molecule has 1 aromatic carbocycles. The molecule has 3 nitrogen and oxygen atoms in total. The fraction of sp³-hybridized carbons (Fsp3) is 0.556. The Morgan fingerprint density at radius 3 is 2.67 bits per heavy atom. The molecule has 1 aliphatic heterocycles. The van der Waals surface area contributed by atoms with E-state index in [0.29, 0.717) is 13.1 Å². The van der Waals surface area contributed by atoms with Gasteiger partial charge in [0, 0.05) is 25.0 Å². The number of rotatable bonds is 7. The third-order valence-corrected chi connectivity index (χ3v) is 4.64. The number of unbranched alkanes of at least 4 members (excludes halogenated alkanes) is 2. The lowest BCUT2D eigenvalue weighted by molar-refractivity contribution is -0.439. The fourth-order valence-corrected chi connectivity index (χ4v) is 3.07. The topological polar surface area (TPSA) is 29.3 Å². The van der Waals surface area contributed by atoms with Crippen LogP contribution < -0.4 is 0 Å². The largest absolute Gasteiger partial charge is 0.468 e. The Labute approximate surface area is 127 Å². The number of fused-ring (bicyclic) bond motifs is 1. The Morgan fingerprint density at radius 1 is 1.19 bits per heavy atom. The molecule has 0 saturated heterocycles. The summed E-state index contributed by atoms with van der Waals surface area (Å²) >= 11 is 0. The average Bonchev–Trinajstić information content (AvgIpc) is 2.63. The van der Waals surface area contributed by atoms with Crippen molar-refractivity contribution in [1.29, 1.82) is 0 Å². The second-order valence-electron chi connectivity index (χ2n) is 6.41. The standard InChI is InChI=1S/C18H26NO2/c1-14-8-9-17-16(12-14)18(3,4)15(2)19(17)10-6-5-7-11-21-13-20/h8-9,12-13H,5-7,10-11H2,1-4H3/q+1. The molecular formula is C18H26NO2+. The van der Waals surface area contributed by atoms with Crippen LogP contribution in [0.2, 0.25) is 0 Å². The SMILES string of the molecule is CC1=[N+](CCCCCOC=O)c2ccc(C)cc2C1(C)C. The molecule has 2 rings (SSSR count). The second kappa shape index (κ2) is 6.42.